The van der Waals surface area contributed by atoms with Crippen molar-refractivity contribution in [3.05, 3.63) is 76.7 Å². The Labute approximate surface area is 139 Å². The van der Waals surface area contributed by atoms with Gasteiger partial charge >= 0.3 is 0 Å². The minimum absolute atomic E-state index is 0.214. The van der Waals surface area contributed by atoms with Crippen LogP contribution in [0.1, 0.15) is 11.1 Å². The first-order valence-corrected chi connectivity index (χ1v) is 8.11. The highest BCUT2D eigenvalue weighted by molar-refractivity contribution is 8.18. The SMILES string of the molecule is O=C1S/C(=C\c2ccccc2)C(=O)N1CNCc1ccccc1. The molecule has 0 saturated carbocycles. The van der Waals surface area contributed by atoms with Crippen LogP contribution in [0.3, 0.4) is 0 Å². The van der Waals surface area contributed by atoms with Gasteiger partial charge in [0.25, 0.3) is 11.1 Å². The fraction of sp³-hybridized carbons (Fsp3) is 0.111. The molecule has 2 aromatic rings. The average molecular weight is 324 g/mol. The van der Waals surface area contributed by atoms with E-state index in [1.165, 1.54) is 4.90 Å². The average Bonchev–Trinajstić information content (AvgIpc) is 2.84. The van der Waals surface area contributed by atoms with Crippen molar-refractivity contribution in [2.45, 2.75) is 6.54 Å². The van der Waals surface area contributed by atoms with Gasteiger partial charge in [-0.25, -0.2) is 0 Å². The minimum Gasteiger partial charge on any atom is -0.295 e. The van der Waals surface area contributed by atoms with Gasteiger partial charge in [0.2, 0.25) is 0 Å². The Morgan fingerprint density at radius 3 is 2.30 bits per heavy atom. The lowest BCUT2D eigenvalue weighted by atomic mass is 10.2. The van der Waals surface area contributed by atoms with Gasteiger partial charge in [0.05, 0.1) is 11.6 Å². The molecule has 0 spiro atoms. The summed E-state index contributed by atoms with van der Waals surface area (Å²) in [6.45, 7) is 0.825. The van der Waals surface area contributed by atoms with Crippen molar-refractivity contribution in [1.29, 1.82) is 0 Å². The molecule has 116 valence electrons. The quantitative estimate of drug-likeness (QED) is 0.856. The molecule has 1 saturated heterocycles. The highest BCUT2D eigenvalue weighted by atomic mass is 32.2. The molecule has 0 radical (unpaired) electrons. The molecule has 0 unspecified atom stereocenters. The second-order valence-corrected chi connectivity index (χ2v) is 6.08. The molecule has 3 rings (SSSR count). The molecule has 0 aliphatic carbocycles. The molecule has 0 aromatic heterocycles. The van der Waals surface area contributed by atoms with Gasteiger partial charge in [0, 0.05) is 6.54 Å². The van der Waals surface area contributed by atoms with E-state index in [4.69, 9.17) is 0 Å². The zero-order valence-electron chi connectivity index (χ0n) is 12.4. The number of benzene rings is 2. The second-order valence-electron chi connectivity index (χ2n) is 5.09. The van der Waals surface area contributed by atoms with Crippen LogP contribution in [0, 0.1) is 0 Å². The van der Waals surface area contributed by atoms with Gasteiger partial charge in [-0.2, -0.15) is 0 Å². The Kier molecular flexibility index (Phi) is 4.90. The largest absolute Gasteiger partial charge is 0.295 e. The van der Waals surface area contributed by atoms with Gasteiger partial charge in [0.1, 0.15) is 0 Å². The lowest BCUT2D eigenvalue weighted by Crippen LogP contribution is -2.37. The summed E-state index contributed by atoms with van der Waals surface area (Å²) in [6, 6.07) is 19.4. The van der Waals surface area contributed by atoms with Crippen molar-refractivity contribution in [1.82, 2.24) is 10.2 Å². The summed E-state index contributed by atoms with van der Waals surface area (Å²) in [5, 5.41) is 2.89. The maximum absolute atomic E-state index is 12.3. The van der Waals surface area contributed by atoms with Crippen LogP contribution in [0.2, 0.25) is 0 Å². The van der Waals surface area contributed by atoms with Crippen molar-refractivity contribution >= 4 is 29.0 Å². The van der Waals surface area contributed by atoms with Crippen LogP contribution in [-0.4, -0.2) is 22.7 Å². The van der Waals surface area contributed by atoms with E-state index in [0.717, 1.165) is 22.9 Å². The summed E-state index contributed by atoms with van der Waals surface area (Å²) in [6.07, 6.45) is 1.75. The van der Waals surface area contributed by atoms with E-state index in [1.54, 1.807) is 6.08 Å². The van der Waals surface area contributed by atoms with Crippen molar-refractivity contribution in [2.75, 3.05) is 6.67 Å². The van der Waals surface area contributed by atoms with Crippen LogP contribution >= 0.6 is 11.8 Å². The van der Waals surface area contributed by atoms with E-state index in [9.17, 15) is 9.59 Å². The zero-order chi connectivity index (χ0) is 16.1. The number of hydrogen-bond acceptors (Lipinski definition) is 4. The van der Waals surface area contributed by atoms with Gasteiger partial charge in [-0.05, 0) is 29.0 Å². The number of amides is 2. The van der Waals surface area contributed by atoms with Crippen LogP contribution in [0.5, 0.6) is 0 Å². The maximum Gasteiger partial charge on any atom is 0.294 e. The van der Waals surface area contributed by atoms with Gasteiger partial charge in [-0.1, -0.05) is 60.7 Å². The Balaban J connectivity index is 1.62. The summed E-state index contributed by atoms with van der Waals surface area (Å²) in [4.78, 5) is 26.1. The van der Waals surface area contributed by atoms with E-state index >= 15 is 0 Å². The number of imide groups is 1. The third-order valence-electron chi connectivity index (χ3n) is 3.41. The topological polar surface area (TPSA) is 49.4 Å². The molecule has 1 fully saturated rings. The standard InChI is InChI=1S/C18H16N2O2S/c21-17-16(11-14-7-3-1-4-8-14)23-18(22)20(17)13-19-12-15-9-5-2-6-10-15/h1-11,19H,12-13H2/b16-11-. The molecular formula is C18H16N2O2S. The Morgan fingerprint density at radius 2 is 1.61 bits per heavy atom. The number of thioether (sulfide) groups is 1. The summed E-state index contributed by atoms with van der Waals surface area (Å²) >= 11 is 0.981. The summed E-state index contributed by atoms with van der Waals surface area (Å²) in [5.41, 5.74) is 2.02. The fourth-order valence-electron chi connectivity index (χ4n) is 2.24. The molecular weight excluding hydrogens is 308 g/mol. The van der Waals surface area contributed by atoms with Crippen LogP contribution in [0.15, 0.2) is 65.6 Å². The normalized spacial score (nSPS) is 16.3. The first-order valence-electron chi connectivity index (χ1n) is 7.29. The number of hydrogen-bond donors (Lipinski definition) is 1. The molecule has 2 aromatic carbocycles. The molecule has 2 amide bonds. The van der Waals surface area contributed by atoms with E-state index in [-0.39, 0.29) is 17.8 Å². The number of nitrogens with one attached hydrogen (secondary N) is 1. The van der Waals surface area contributed by atoms with Crippen molar-refractivity contribution in [3.63, 3.8) is 0 Å². The van der Waals surface area contributed by atoms with Crippen LogP contribution in [0.4, 0.5) is 4.79 Å². The Bertz CT molecular complexity index is 729. The lowest BCUT2D eigenvalue weighted by Gasteiger charge is -2.13. The zero-order valence-corrected chi connectivity index (χ0v) is 13.3. The summed E-state index contributed by atoms with van der Waals surface area (Å²) < 4.78 is 0. The van der Waals surface area contributed by atoms with E-state index in [1.807, 2.05) is 60.7 Å². The molecule has 0 atom stereocenters. The van der Waals surface area contributed by atoms with E-state index < -0.39 is 0 Å². The highest BCUT2D eigenvalue weighted by Crippen LogP contribution is 2.31. The fourth-order valence-corrected chi connectivity index (χ4v) is 3.08. The van der Waals surface area contributed by atoms with Gasteiger partial charge in [0.15, 0.2) is 0 Å². The van der Waals surface area contributed by atoms with E-state index in [0.29, 0.717) is 11.4 Å². The molecule has 1 aliphatic rings. The van der Waals surface area contributed by atoms with Crippen LogP contribution in [-0.2, 0) is 11.3 Å². The van der Waals surface area contributed by atoms with Gasteiger partial charge in [-0.15, -0.1) is 0 Å². The molecule has 4 nitrogen and oxygen atoms in total. The Hall–Kier alpha value is -2.37. The number of carbonyl (C=O) groups is 2. The van der Waals surface area contributed by atoms with Crippen molar-refractivity contribution < 1.29 is 9.59 Å². The van der Waals surface area contributed by atoms with Crippen LogP contribution in [0.25, 0.3) is 6.08 Å². The minimum atomic E-state index is -0.246. The maximum atomic E-state index is 12.3. The first kappa shape index (κ1) is 15.5. The number of carbonyl (C=O) groups excluding carboxylic acids is 2. The number of nitrogens with zero attached hydrogens (tertiary/aromatic N) is 1. The summed E-state index contributed by atoms with van der Waals surface area (Å²) in [5.74, 6) is -0.246. The molecule has 5 heteroatoms. The van der Waals surface area contributed by atoms with Crippen molar-refractivity contribution in [3.8, 4) is 0 Å². The second kappa shape index (κ2) is 7.26. The predicted molar refractivity (Wildman–Crippen MR) is 92.4 cm³/mol. The van der Waals surface area contributed by atoms with Crippen molar-refractivity contribution in [2.24, 2.45) is 0 Å². The summed E-state index contributed by atoms with van der Waals surface area (Å²) in [7, 11) is 0. The molecule has 1 aliphatic heterocycles. The van der Waals surface area contributed by atoms with Crippen LogP contribution < -0.4 is 5.32 Å². The molecule has 1 heterocycles. The van der Waals surface area contributed by atoms with Gasteiger partial charge in [-0.3, -0.25) is 19.8 Å². The first-order chi connectivity index (χ1) is 11.2. The third kappa shape index (κ3) is 3.88. The van der Waals surface area contributed by atoms with Gasteiger partial charge < -0.3 is 0 Å². The smallest absolute Gasteiger partial charge is 0.294 e. The molecule has 23 heavy (non-hydrogen) atoms. The monoisotopic (exact) mass is 324 g/mol. The Morgan fingerprint density at radius 1 is 0.957 bits per heavy atom. The van der Waals surface area contributed by atoms with E-state index in [2.05, 4.69) is 5.32 Å². The molecule has 0 bridgehead atoms. The number of rotatable bonds is 5. The molecule has 1 N–H and O–H groups in total. The lowest BCUT2D eigenvalue weighted by molar-refractivity contribution is -0.123. The predicted octanol–water partition coefficient (Wildman–Crippen LogP) is 3.47. The third-order valence-corrected chi connectivity index (χ3v) is 4.32. The highest BCUT2D eigenvalue weighted by Gasteiger charge is 2.34.